The summed E-state index contributed by atoms with van der Waals surface area (Å²) in [6, 6.07) is 0. The highest BCUT2D eigenvalue weighted by molar-refractivity contribution is 5.90. The van der Waals surface area contributed by atoms with Gasteiger partial charge in [-0.15, -0.1) is 0 Å². The van der Waals surface area contributed by atoms with Crippen LogP contribution in [0.1, 0.15) is 35.0 Å². The maximum atomic E-state index is 12.7. The number of nitrogens with two attached hydrogens (primary N) is 1. The molecule has 1 aromatic heterocycles. The third kappa shape index (κ3) is 2.26. The molecule has 0 bridgehead atoms. The highest BCUT2D eigenvalue weighted by atomic mass is 19.3. The lowest BCUT2D eigenvalue weighted by Crippen LogP contribution is -2.13. The van der Waals surface area contributed by atoms with Crippen molar-refractivity contribution in [3.63, 3.8) is 0 Å². The SMILES string of the molecule is CCOC(=O)c1ncc(C)c(N)c1C(F)F. The predicted octanol–water partition coefficient (Wildman–Crippen LogP) is 2.09. The van der Waals surface area contributed by atoms with E-state index < -0.39 is 23.7 Å². The molecule has 0 aliphatic rings. The topological polar surface area (TPSA) is 65.2 Å². The number of carbonyl (C=O) groups is 1. The van der Waals surface area contributed by atoms with E-state index in [4.69, 9.17) is 5.73 Å². The first kappa shape index (κ1) is 12.4. The highest BCUT2D eigenvalue weighted by Crippen LogP contribution is 2.29. The third-order valence-electron chi connectivity index (χ3n) is 2.04. The van der Waals surface area contributed by atoms with Gasteiger partial charge < -0.3 is 10.5 Å². The van der Waals surface area contributed by atoms with E-state index >= 15 is 0 Å². The second-order valence-corrected chi connectivity index (χ2v) is 3.14. The Bertz CT molecular complexity index is 408. The molecule has 16 heavy (non-hydrogen) atoms. The lowest BCUT2D eigenvalue weighted by molar-refractivity contribution is 0.0508. The Kier molecular flexibility index (Phi) is 3.76. The summed E-state index contributed by atoms with van der Waals surface area (Å²) in [5.41, 5.74) is 4.81. The molecule has 1 rings (SSSR count). The van der Waals surface area contributed by atoms with Gasteiger partial charge in [-0.1, -0.05) is 0 Å². The van der Waals surface area contributed by atoms with Gasteiger partial charge in [0, 0.05) is 11.9 Å². The van der Waals surface area contributed by atoms with E-state index in [9.17, 15) is 13.6 Å². The predicted molar refractivity (Wildman–Crippen MR) is 54.3 cm³/mol. The monoisotopic (exact) mass is 230 g/mol. The van der Waals surface area contributed by atoms with E-state index in [0.29, 0.717) is 5.56 Å². The summed E-state index contributed by atoms with van der Waals surface area (Å²) in [6.07, 6.45) is -1.58. The summed E-state index contributed by atoms with van der Waals surface area (Å²) in [6.45, 7) is 3.22. The van der Waals surface area contributed by atoms with Gasteiger partial charge in [0.15, 0.2) is 5.69 Å². The van der Waals surface area contributed by atoms with Crippen molar-refractivity contribution in [2.45, 2.75) is 20.3 Å². The maximum absolute atomic E-state index is 12.7. The molecule has 4 nitrogen and oxygen atoms in total. The number of ether oxygens (including phenoxy) is 1. The second-order valence-electron chi connectivity index (χ2n) is 3.14. The molecule has 0 saturated heterocycles. The fourth-order valence-electron chi connectivity index (χ4n) is 1.22. The largest absolute Gasteiger partial charge is 0.461 e. The number of anilines is 1. The van der Waals surface area contributed by atoms with Gasteiger partial charge in [0.2, 0.25) is 0 Å². The van der Waals surface area contributed by atoms with Crippen molar-refractivity contribution in [1.29, 1.82) is 0 Å². The molecular weight excluding hydrogens is 218 g/mol. The van der Waals surface area contributed by atoms with Gasteiger partial charge >= 0.3 is 5.97 Å². The molecule has 0 aromatic carbocycles. The smallest absolute Gasteiger partial charge is 0.357 e. The molecule has 2 N–H and O–H groups in total. The Hall–Kier alpha value is -1.72. The fraction of sp³-hybridized carbons (Fsp3) is 0.400. The fourth-order valence-corrected chi connectivity index (χ4v) is 1.22. The number of aromatic nitrogens is 1. The molecule has 0 fully saturated rings. The van der Waals surface area contributed by atoms with Crippen LogP contribution in [-0.4, -0.2) is 17.6 Å². The molecular formula is C10H12F2N2O2. The second kappa shape index (κ2) is 4.87. The lowest BCUT2D eigenvalue weighted by atomic mass is 10.1. The van der Waals surface area contributed by atoms with Crippen molar-refractivity contribution < 1.29 is 18.3 Å². The number of rotatable bonds is 3. The Labute approximate surface area is 91.4 Å². The summed E-state index contributed by atoms with van der Waals surface area (Å²) in [4.78, 5) is 15.0. The van der Waals surface area contributed by atoms with Crippen LogP contribution in [0.3, 0.4) is 0 Å². The minimum absolute atomic E-state index is 0.0942. The van der Waals surface area contributed by atoms with Crippen molar-refractivity contribution >= 4 is 11.7 Å². The maximum Gasteiger partial charge on any atom is 0.357 e. The zero-order valence-corrected chi connectivity index (χ0v) is 8.96. The van der Waals surface area contributed by atoms with E-state index in [1.807, 2.05) is 0 Å². The number of pyridine rings is 1. The van der Waals surface area contributed by atoms with Crippen molar-refractivity contribution in [2.75, 3.05) is 12.3 Å². The first-order chi connectivity index (χ1) is 7.49. The normalized spacial score (nSPS) is 10.6. The molecule has 0 spiro atoms. The average molecular weight is 230 g/mol. The van der Waals surface area contributed by atoms with Crippen LogP contribution in [0.15, 0.2) is 6.20 Å². The van der Waals surface area contributed by atoms with Crippen LogP contribution in [0.5, 0.6) is 0 Å². The number of nitrogen functional groups attached to an aromatic ring is 1. The quantitative estimate of drug-likeness (QED) is 0.807. The minimum Gasteiger partial charge on any atom is -0.461 e. The summed E-state index contributed by atoms with van der Waals surface area (Å²) in [5, 5.41) is 0. The standard InChI is InChI=1S/C10H12F2N2O2/c1-3-16-10(15)8-6(9(11)12)7(13)5(2)4-14-8/h4,9H,3H2,1-2H3,(H2,13,14). The number of halogens is 2. The zero-order valence-electron chi connectivity index (χ0n) is 8.96. The van der Waals surface area contributed by atoms with Crippen LogP contribution in [0, 0.1) is 6.92 Å². The number of aryl methyl sites for hydroxylation is 1. The molecule has 6 heteroatoms. The van der Waals surface area contributed by atoms with Crippen LogP contribution in [0.4, 0.5) is 14.5 Å². The molecule has 0 radical (unpaired) electrons. The highest BCUT2D eigenvalue weighted by Gasteiger charge is 2.24. The van der Waals surface area contributed by atoms with Crippen LogP contribution in [0.25, 0.3) is 0 Å². The number of carbonyl (C=O) groups excluding carboxylic acids is 1. The summed E-state index contributed by atoms with van der Waals surface area (Å²) in [7, 11) is 0. The van der Waals surface area contributed by atoms with Gasteiger partial charge in [0.1, 0.15) is 0 Å². The molecule has 0 saturated carbocycles. The first-order valence-corrected chi connectivity index (χ1v) is 4.69. The molecule has 88 valence electrons. The van der Waals surface area contributed by atoms with Crippen LogP contribution in [-0.2, 0) is 4.74 Å². The summed E-state index contributed by atoms with van der Waals surface area (Å²) < 4.78 is 30.1. The molecule has 0 aliphatic carbocycles. The van der Waals surface area contributed by atoms with E-state index in [1.54, 1.807) is 13.8 Å². The molecule has 0 atom stereocenters. The van der Waals surface area contributed by atoms with E-state index in [1.165, 1.54) is 6.20 Å². The van der Waals surface area contributed by atoms with Gasteiger partial charge in [-0.25, -0.2) is 18.6 Å². The molecule has 0 aliphatic heterocycles. The van der Waals surface area contributed by atoms with Crippen molar-refractivity contribution in [2.24, 2.45) is 0 Å². The van der Waals surface area contributed by atoms with Crippen molar-refractivity contribution in [1.82, 2.24) is 4.98 Å². The number of alkyl halides is 2. The third-order valence-corrected chi connectivity index (χ3v) is 2.04. The van der Waals surface area contributed by atoms with Gasteiger partial charge in [0.05, 0.1) is 12.2 Å². The van der Waals surface area contributed by atoms with Gasteiger partial charge in [-0.2, -0.15) is 0 Å². The van der Waals surface area contributed by atoms with Gasteiger partial charge in [-0.05, 0) is 19.4 Å². The Morgan fingerprint density at radius 3 is 2.75 bits per heavy atom. The Balaban J connectivity index is 3.28. The summed E-state index contributed by atoms with van der Waals surface area (Å²) >= 11 is 0. The van der Waals surface area contributed by atoms with E-state index in [-0.39, 0.29) is 12.3 Å². The molecule has 1 heterocycles. The minimum atomic E-state index is -2.85. The zero-order chi connectivity index (χ0) is 12.3. The van der Waals surface area contributed by atoms with Gasteiger partial charge in [-0.3, -0.25) is 0 Å². The number of hydrogen-bond donors (Lipinski definition) is 1. The molecule has 0 amide bonds. The van der Waals surface area contributed by atoms with E-state index in [0.717, 1.165) is 0 Å². The summed E-state index contributed by atoms with van der Waals surface area (Å²) in [5.74, 6) is -0.885. The van der Waals surface area contributed by atoms with Crippen LogP contribution < -0.4 is 5.73 Å². The molecule has 1 aromatic rings. The number of nitrogens with zero attached hydrogens (tertiary/aromatic N) is 1. The molecule has 0 unspecified atom stereocenters. The van der Waals surface area contributed by atoms with Crippen molar-refractivity contribution in [3.05, 3.63) is 23.0 Å². The lowest BCUT2D eigenvalue weighted by Gasteiger charge is -2.11. The van der Waals surface area contributed by atoms with E-state index in [2.05, 4.69) is 9.72 Å². The Morgan fingerprint density at radius 2 is 2.25 bits per heavy atom. The van der Waals surface area contributed by atoms with Crippen molar-refractivity contribution in [3.8, 4) is 0 Å². The Morgan fingerprint density at radius 1 is 1.62 bits per heavy atom. The van der Waals surface area contributed by atoms with Gasteiger partial charge in [0.25, 0.3) is 6.43 Å². The average Bonchev–Trinajstić information content (AvgIpc) is 2.21. The van der Waals surface area contributed by atoms with Crippen LogP contribution >= 0.6 is 0 Å². The number of hydrogen-bond acceptors (Lipinski definition) is 4. The number of esters is 1. The first-order valence-electron chi connectivity index (χ1n) is 4.69. The van der Waals surface area contributed by atoms with Crippen LogP contribution in [0.2, 0.25) is 0 Å².